The van der Waals surface area contributed by atoms with E-state index in [-0.39, 0.29) is 5.91 Å². The first-order chi connectivity index (χ1) is 15.0. The summed E-state index contributed by atoms with van der Waals surface area (Å²) in [4.78, 5) is 19.8. The number of hydrogen-bond acceptors (Lipinski definition) is 5. The van der Waals surface area contributed by atoms with Gasteiger partial charge in [-0.3, -0.25) is 4.79 Å². The van der Waals surface area contributed by atoms with Gasteiger partial charge in [0.2, 0.25) is 0 Å². The van der Waals surface area contributed by atoms with Gasteiger partial charge in [-0.25, -0.2) is 4.98 Å². The number of nitrogens with one attached hydrogen (secondary N) is 2. The molecule has 0 saturated carbocycles. The Kier molecular flexibility index (Phi) is 6.78. The number of fused-ring (bicyclic) bond motifs is 1. The number of nitrogens with zero attached hydrogens (tertiary/aromatic N) is 2. The Balaban J connectivity index is 1.41. The standard InChI is InChI=1S/C24H29ClN4O2/c1-16-5-3-10-29(15-16)11-4-9-26-24(30)21-14-22-19(8-12-31-22)23(28-21)27-18-7-6-17(2)20(25)13-18/h6-8,12-14,16H,3-5,9-11,15H2,1-2H3,(H,26,30)(H,27,28)/t16-/m0/s1. The van der Waals surface area contributed by atoms with Gasteiger partial charge in [0.25, 0.3) is 5.91 Å². The molecule has 1 aliphatic rings. The van der Waals surface area contributed by atoms with Gasteiger partial charge in [-0.2, -0.15) is 0 Å². The van der Waals surface area contributed by atoms with Gasteiger partial charge in [0.05, 0.1) is 11.6 Å². The van der Waals surface area contributed by atoms with Crippen molar-refractivity contribution in [2.24, 2.45) is 5.92 Å². The number of halogens is 1. The van der Waals surface area contributed by atoms with E-state index >= 15 is 0 Å². The van der Waals surface area contributed by atoms with E-state index in [9.17, 15) is 4.79 Å². The maximum Gasteiger partial charge on any atom is 0.270 e. The highest BCUT2D eigenvalue weighted by atomic mass is 35.5. The molecule has 1 aromatic carbocycles. The molecule has 6 nitrogen and oxygen atoms in total. The number of pyridine rings is 1. The highest BCUT2D eigenvalue weighted by molar-refractivity contribution is 6.31. The number of rotatable bonds is 7. The summed E-state index contributed by atoms with van der Waals surface area (Å²) in [5.41, 5.74) is 2.75. The van der Waals surface area contributed by atoms with E-state index in [0.717, 1.165) is 48.6 Å². The van der Waals surface area contributed by atoms with E-state index in [4.69, 9.17) is 16.0 Å². The van der Waals surface area contributed by atoms with Crippen LogP contribution in [0.4, 0.5) is 11.5 Å². The van der Waals surface area contributed by atoms with Crippen molar-refractivity contribution in [3.8, 4) is 0 Å². The third kappa shape index (κ3) is 5.38. The van der Waals surface area contributed by atoms with Crippen molar-refractivity contribution in [3.63, 3.8) is 0 Å². The number of piperidine rings is 1. The first kappa shape index (κ1) is 21.7. The second-order valence-corrected chi connectivity index (χ2v) is 8.84. The monoisotopic (exact) mass is 440 g/mol. The molecule has 164 valence electrons. The molecule has 3 heterocycles. The fourth-order valence-electron chi connectivity index (χ4n) is 4.07. The third-order valence-corrected chi connectivity index (χ3v) is 6.20. The second-order valence-electron chi connectivity index (χ2n) is 8.43. The number of amides is 1. The Bertz CT molecular complexity index is 1060. The quantitative estimate of drug-likeness (QED) is 0.482. The number of furan rings is 1. The minimum atomic E-state index is -0.199. The van der Waals surface area contributed by atoms with Crippen LogP contribution in [0.3, 0.4) is 0 Å². The summed E-state index contributed by atoms with van der Waals surface area (Å²) in [7, 11) is 0. The SMILES string of the molecule is Cc1ccc(Nc2nc(C(=O)NCCCN3CCC[C@H](C)C3)cc3occc23)cc1Cl. The molecule has 1 aliphatic heterocycles. The third-order valence-electron chi connectivity index (χ3n) is 5.80. The molecule has 1 amide bonds. The van der Waals surface area contributed by atoms with E-state index in [2.05, 4.69) is 27.4 Å². The van der Waals surface area contributed by atoms with Gasteiger partial charge in [-0.05, 0) is 69.0 Å². The number of benzene rings is 1. The normalized spacial score (nSPS) is 17.1. The van der Waals surface area contributed by atoms with Crippen molar-refractivity contribution in [2.75, 3.05) is 31.5 Å². The zero-order valence-corrected chi connectivity index (χ0v) is 18.8. The van der Waals surface area contributed by atoms with Crippen molar-refractivity contribution in [1.29, 1.82) is 0 Å². The summed E-state index contributed by atoms with van der Waals surface area (Å²) in [5, 5.41) is 7.75. The first-order valence-corrected chi connectivity index (χ1v) is 11.3. The van der Waals surface area contributed by atoms with Crippen LogP contribution in [0, 0.1) is 12.8 Å². The van der Waals surface area contributed by atoms with Gasteiger partial charge in [-0.1, -0.05) is 24.6 Å². The molecule has 2 N–H and O–H groups in total. The van der Waals surface area contributed by atoms with Gasteiger partial charge >= 0.3 is 0 Å². The average molecular weight is 441 g/mol. The van der Waals surface area contributed by atoms with E-state index in [1.807, 2.05) is 31.2 Å². The Hall–Kier alpha value is -2.57. The van der Waals surface area contributed by atoms with Crippen molar-refractivity contribution >= 4 is 40.0 Å². The highest BCUT2D eigenvalue weighted by Gasteiger charge is 2.17. The van der Waals surface area contributed by atoms with Gasteiger partial charge in [0.15, 0.2) is 0 Å². The van der Waals surface area contributed by atoms with Gasteiger partial charge < -0.3 is 20.0 Å². The van der Waals surface area contributed by atoms with Crippen LogP contribution in [0.2, 0.25) is 5.02 Å². The first-order valence-electron chi connectivity index (χ1n) is 10.9. The fraction of sp³-hybridized carbons (Fsp3) is 0.417. The molecule has 0 spiro atoms. The number of aryl methyl sites for hydroxylation is 1. The maximum absolute atomic E-state index is 12.7. The Morgan fingerprint density at radius 3 is 3.00 bits per heavy atom. The van der Waals surface area contributed by atoms with Crippen LogP contribution in [0.25, 0.3) is 11.0 Å². The number of carbonyl (C=O) groups is 1. The predicted octanol–water partition coefficient (Wildman–Crippen LogP) is 5.39. The van der Waals surface area contributed by atoms with Crippen molar-refractivity contribution in [3.05, 3.63) is 52.9 Å². The zero-order chi connectivity index (χ0) is 21.8. The molecule has 7 heteroatoms. The molecule has 1 fully saturated rings. The van der Waals surface area contributed by atoms with Crippen LogP contribution < -0.4 is 10.6 Å². The van der Waals surface area contributed by atoms with Crippen LogP contribution in [-0.4, -0.2) is 42.0 Å². The van der Waals surface area contributed by atoms with Gasteiger partial charge in [0, 0.05) is 29.9 Å². The van der Waals surface area contributed by atoms with Gasteiger partial charge in [0.1, 0.15) is 17.1 Å². The molecule has 31 heavy (non-hydrogen) atoms. The van der Waals surface area contributed by atoms with Crippen molar-refractivity contribution < 1.29 is 9.21 Å². The summed E-state index contributed by atoms with van der Waals surface area (Å²) < 4.78 is 5.55. The largest absolute Gasteiger partial charge is 0.464 e. The Labute approximate surface area is 188 Å². The second kappa shape index (κ2) is 9.71. The minimum Gasteiger partial charge on any atom is -0.464 e. The lowest BCUT2D eigenvalue weighted by Crippen LogP contribution is -2.36. The Morgan fingerprint density at radius 2 is 2.19 bits per heavy atom. The molecule has 0 unspecified atom stereocenters. The molecule has 0 radical (unpaired) electrons. The lowest BCUT2D eigenvalue weighted by atomic mass is 10.0. The zero-order valence-electron chi connectivity index (χ0n) is 18.1. The lowest BCUT2D eigenvalue weighted by Gasteiger charge is -2.30. The van der Waals surface area contributed by atoms with Crippen LogP contribution in [0.1, 0.15) is 42.2 Å². The summed E-state index contributed by atoms with van der Waals surface area (Å²) in [6, 6.07) is 9.24. The Morgan fingerprint density at radius 1 is 1.32 bits per heavy atom. The van der Waals surface area contributed by atoms with E-state index in [1.165, 1.54) is 12.8 Å². The molecular formula is C24H29ClN4O2. The van der Waals surface area contributed by atoms with Crippen molar-refractivity contribution in [1.82, 2.24) is 15.2 Å². The number of hydrogen-bond donors (Lipinski definition) is 2. The number of likely N-dealkylation sites (tertiary alicyclic amines) is 1. The molecule has 3 aromatic rings. The van der Waals surface area contributed by atoms with Gasteiger partial charge in [-0.15, -0.1) is 0 Å². The molecule has 0 aliphatic carbocycles. The fourth-order valence-corrected chi connectivity index (χ4v) is 4.25. The lowest BCUT2D eigenvalue weighted by molar-refractivity contribution is 0.0945. The molecule has 1 saturated heterocycles. The maximum atomic E-state index is 12.7. The van der Waals surface area contributed by atoms with E-state index < -0.39 is 0 Å². The number of carbonyl (C=O) groups excluding carboxylic acids is 1. The number of aromatic nitrogens is 1. The van der Waals surface area contributed by atoms with E-state index in [1.54, 1.807) is 12.3 Å². The molecule has 4 rings (SSSR count). The molecule has 0 bridgehead atoms. The highest BCUT2D eigenvalue weighted by Crippen LogP contribution is 2.28. The molecular weight excluding hydrogens is 412 g/mol. The molecule has 1 atom stereocenters. The summed E-state index contributed by atoms with van der Waals surface area (Å²) in [6.07, 6.45) is 5.11. The predicted molar refractivity (Wildman–Crippen MR) is 125 cm³/mol. The minimum absolute atomic E-state index is 0.199. The molecule has 2 aromatic heterocycles. The summed E-state index contributed by atoms with van der Waals surface area (Å²) >= 11 is 6.25. The summed E-state index contributed by atoms with van der Waals surface area (Å²) in [6.45, 7) is 8.21. The summed E-state index contributed by atoms with van der Waals surface area (Å²) in [5.74, 6) is 1.14. The van der Waals surface area contributed by atoms with Crippen LogP contribution in [-0.2, 0) is 0 Å². The van der Waals surface area contributed by atoms with Crippen molar-refractivity contribution in [2.45, 2.75) is 33.1 Å². The van der Waals surface area contributed by atoms with Crippen LogP contribution in [0.15, 0.2) is 41.0 Å². The topological polar surface area (TPSA) is 70.4 Å². The number of anilines is 2. The van der Waals surface area contributed by atoms with Crippen LogP contribution >= 0.6 is 11.6 Å². The smallest absolute Gasteiger partial charge is 0.270 e. The average Bonchev–Trinajstić information content (AvgIpc) is 3.23. The van der Waals surface area contributed by atoms with E-state index in [0.29, 0.717) is 28.7 Å². The van der Waals surface area contributed by atoms with Crippen LogP contribution in [0.5, 0.6) is 0 Å².